The maximum absolute atomic E-state index is 11.3. The van der Waals surface area contributed by atoms with Gasteiger partial charge in [0.1, 0.15) is 6.07 Å². The fraction of sp³-hybridized carbons (Fsp3) is 0.500. The zero-order valence-corrected chi connectivity index (χ0v) is 13.2. The van der Waals surface area contributed by atoms with Crippen molar-refractivity contribution in [2.45, 2.75) is 37.7 Å². The van der Waals surface area contributed by atoms with Gasteiger partial charge in [0.05, 0.1) is 21.7 Å². The first-order chi connectivity index (χ1) is 9.61. The van der Waals surface area contributed by atoms with E-state index < -0.39 is 15.6 Å². The summed E-state index contributed by atoms with van der Waals surface area (Å²) in [5, 5.41) is 27.5. The van der Waals surface area contributed by atoms with Crippen LogP contribution in [0.5, 0.6) is 0 Å². The van der Waals surface area contributed by atoms with E-state index >= 15 is 0 Å². The molecule has 6 nitrogen and oxygen atoms in total. The van der Waals surface area contributed by atoms with Crippen molar-refractivity contribution in [3.8, 4) is 6.07 Å². The SMILES string of the molecule is CCC(C)C(C)(O)CNc1ccc(S(N)(=O)=O)cc1C#N. The molecular weight excluding hydrogens is 290 g/mol. The Hall–Kier alpha value is -1.62. The topological polar surface area (TPSA) is 116 Å². The minimum absolute atomic E-state index is 0.0826. The first kappa shape index (κ1) is 17.4. The third kappa shape index (κ3) is 4.43. The summed E-state index contributed by atoms with van der Waals surface area (Å²) in [5.74, 6) is 0.0826. The van der Waals surface area contributed by atoms with Crippen molar-refractivity contribution < 1.29 is 13.5 Å². The van der Waals surface area contributed by atoms with Crippen molar-refractivity contribution in [1.82, 2.24) is 0 Å². The van der Waals surface area contributed by atoms with E-state index in [2.05, 4.69) is 5.32 Å². The van der Waals surface area contributed by atoms with Crippen LogP contribution in [-0.2, 0) is 10.0 Å². The normalized spacial score (nSPS) is 15.8. The average Bonchev–Trinajstić information content (AvgIpc) is 2.42. The van der Waals surface area contributed by atoms with Gasteiger partial charge < -0.3 is 10.4 Å². The molecule has 116 valence electrons. The highest BCUT2D eigenvalue weighted by molar-refractivity contribution is 7.89. The Morgan fingerprint density at radius 1 is 1.52 bits per heavy atom. The molecule has 1 aromatic rings. The second-order valence-corrected chi connectivity index (χ2v) is 6.95. The average molecular weight is 311 g/mol. The second-order valence-electron chi connectivity index (χ2n) is 5.38. The number of hydrogen-bond donors (Lipinski definition) is 3. The fourth-order valence-electron chi connectivity index (χ4n) is 1.84. The van der Waals surface area contributed by atoms with Crippen LogP contribution in [0.2, 0.25) is 0 Å². The number of primary sulfonamides is 1. The quantitative estimate of drug-likeness (QED) is 0.734. The van der Waals surface area contributed by atoms with Crippen LogP contribution in [0.15, 0.2) is 23.1 Å². The number of hydrogen-bond acceptors (Lipinski definition) is 5. The molecule has 0 spiro atoms. The van der Waals surface area contributed by atoms with Gasteiger partial charge in [-0.2, -0.15) is 5.26 Å². The van der Waals surface area contributed by atoms with Crippen LogP contribution in [0.25, 0.3) is 0 Å². The van der Waals surface area contributed by atoms with Crippen molar-refractivity contribution in [3.05, 3.63) is 23.8 Å². The van der Waals surface area contributed by atoms with Gasteiger partial charge in [0.25, 0.3) is 0 Å². The number of anilines is 1. The van der Waals surface area contributed by atoms with Gasteiger partial charge >= 0.3 is 0 Å². The molecule has 21 heavy (non-hydrogen) atoms. The summed E-state index contributed by atoms with van der Waals surface area (Å²) in [6.45, 7) is 5.90. The molecule has 2 unspecified atom stereocenters. The summed E-state index contributed by atoms with van der Waals surface area (Å²) in [5.41, 5.74) is -0.296. The molecule has 0 amide bonds. The monoisotopic (exact) mass is 311 g/mol. The first-order valence-electron chi connectivity index (χ1n) is 6.65. The summed E-state index contributed by atoms with van der Waals surface area (Å²) in [7, 11) is -3.84. The Labute approximate surface area is 125 Å². The second kappa shape index (κ2) is 6.43. The summed E-state index contributed by atoms with van der Waals surface area (Å²) in [6.07, 6.45) is 0.824. The van der Waals surface area contributed by atoms with Crippen molar-refractivity contribution in [1.29, 1.82) is 5.26 Å². The van der Waals surface area contributed by atoms with Crippen molar-refractivity contribution in [2.24, 2.45) is 11.1 Å². The number of sulfonamides is 1. The zero-order valence-electron chi connectivity index (χ0n) is 12.4. The molecule has 0 aliphatic carbocycles. The molecule has 0 heterocycles. The molecule has 0 aromatic heterocycles. The maximum Gasteiger partial charge on any atom is 0.238 e. The van der Waals surface area contributed by atoms with E-state index in [1.807, 2.05) is 19.9 Å². The van der Waals surface area contributed by atoms with E-state index in [1.54, 1.807) is 6.92 Å². The fourth-order valence-corrected chi connectivity index (χ4v) is 2.37. The van der Waals surface area contributed by atoms with Gasteiger partial charge in [-0.15, -0.1) is 0 Å². The van der Waals surface area contributed by atoms with Crippen molar-refractivity contribution in [2.75, 3.05) is 11.9 Å². The van der Waals surface area contributed by atoms with E-state index in [9.17, 15) is 13.5 Å². The summed E-state index contributed by atoms with van der Waals surface area (Å²) < 4.78 is 22.5. The van der Waals surface area contributed by atoms with Crippen LogP contribution in [0, 0.1) is 17.2 Å². The van der Waals surface area contributed by atoms with Crippen LogP contribution in [0.1, 0.15) is 32.8 Å². The maximum atomic E-state index is 11.3. The predicted octanol–water partition coefficient (Wildman–Crippen LogP) is 1.41. The number of nitrogens with two attached hydrogens (primary N) is 1. The Morgan fingerprint density at radius 2 is 2.14 bits per heavy atom. The lowest BCUT2D eigenvalue weighted by Gasteiger charge is -2.30. The van der Waals surface area contributed by atoms with Gasteiger partial charge in [0.2, 0.25) is 10.0 Å². The van der Waals surface area contributed by atoms with E-state index in [0.717, 1.165) is 6.42 Å². The Morgan fingerprint density at radius 3 is 2.62 bits per heavy atom. The molecule has 0 aliphatic heterocycles. The molecule has 0 aliphatic rings. The summed E-state index contributed by atoms with van der Waals surface area (Å²) in [6, 6.07) is 5.95. The van der Waals surface area contributed by atoms with E-state index in [1.165, 1.54) is 18.2 Å². The van der Waals surface area contributed by atoms with Gasteiger partial charge in [-0.3, -0.25) is 0 Å². The molecular formula is C14H21N3O3S. The van der Waals surface area contributed by atoms with Crippen LogP contribution >= 0.6 is 0 Å². The number of aliphatic hydroxyl groups is 1. The number of nitrogens with zero attached hydrogens (tertiary/aromatic N) is 1. The van der Waals surface area contributed by atoms with Crippen LogP contribution < -0.4 is 10.5 Å². The number of nitriles is 1. The molecule has 0 fully saturated rings. The van der Waals surface area contributed by atoms with Gasteiger partial charge in [0, 0.05) is 6.54 Å². The van der Waals surface area contributed by atoms with Crippen LogP contribution in [0.4, 0.5) is 5.69 Å². The lowest BCUT2D eigenvalue weighted by atomic mass is 9.88. The molecule has 0 radical (unpaired) electrons. The van der Waals surface area contributed by atoms with E-state index in [4.69, 9.17) is 10.4 Å². The smallest absolute Gasteiger partial charge is 0.238 e. The Bertz CT molecular complexity index is 648. The predicted molar refractivity (Wildman–Crippen MR) is 81.1 cm³/mol. The molecule has 1 aromatic carbocycles. The molecule has 2 atom stereocenters. The van der Waals surface area contributed by atoms with Crippen molar-refractivity contribution >= 4 is 15.7 Å². The zero-order chi connectivity index (χ0) is 16.3. The Balaban J connectivity index is 2.99. The first-order valence-corrected chi connectivity index (χ1v) is 8.19. The van der Waals surface area contributed by atoms with Gasteiger partial charge in [-0.25, -0.2) is 13.6 Å². The van der Waals surface area contributed by atoms with Crippen LogP contribution in [0.3, 0.4) is 0 Å². The van der Waals surface area contributed by atoms with Gasteiger partial charge in [-0.1, -0.05) is 20.3 Å². The highest BCUT2D eigenvalue weighted by Gasteiger charge is 2.27. The molecule has 7 heteroatoms. The molecule has 0 bridgehead atoms. The minimum atomic E-state index is -3.84. The lowest BCUT2D eigenvalue weighted by molar-refractivity contribution is 0.0176. The van der Waals surface area contributed by atoms with Gasteiger partial charge in [0.15, 0.2) is 0 Å². The standard InChI is InChI=1S/C14H21N3O3S/c1-4-10(2)14(3,18)9-17-13-6-5-12(21(16,19)20)7-11(13)8-15/h5-7,10,17-18H,4,9H2,1-3H3,(H2,16,19,20). The van der Waals surface area contributed by atoms with E-state index in [-0.39, 0.29) is 22.9 Å². The summed E-state index contributed by atoms with van der Waals surface area (Å²) in [4.78, 5) is -0.113. The molecule has 4 N–H and O–H groups in total. The highest BCUT2D eigenvalue weighted by Crippen LogP contribution is 2.23. The van der Waals surface area contributed by atoms with Crippen LogP contribution in [-0.4, -0.2) is 25.7 Å². The third-order valence-electron chi connectivity index (χ3n) is 3.75. The summed E-state index contributed by atoms with van der Waals surface area (Å²) >= 11 is 0. The van der Waals surface area contributed by atoms with E-state index in [0.29, 0.717) is 5.69 Å². The largest absolute Gasteiger partial charge is 0.388 e. The molecule has 1 rings (SSSR count). The third-order valence-corrected chi connectivity index (χ3v) is 4.66. The number of benzene rings is 1. The number of nitrogens with one attached hydrogen (secondary N) is 1. The lowest BCUT2D eigenvalue weighted by Crippen LogP contribution is -2.40. The molecule has 0 saturated carbocycles. The number of rotatable bonds is 6. The van der Waals surface area contributed by atoms with Gasteiger partial charge in [-0.05, 0) is 31.0 Å². The minimum Gasteiger partial charge on any atom is -0.388 e. The molecule has 0 saturated heterocycles. The highest BCUT2D eigenvalue weighted by atomic mass is 32.2. The Kier molecular flexibility index (Phi) is 5.34. The van der Waals surface area contributed by atoms with Crippen molar-refractivity contribution in [3.63, 3.8) is 0 Å².